The number of nitrogens with one attached hydrogen (secondary N) is 1. The van der Waals surface area contributed by atoms with E-state index in [0.717, 1.165) is 21.0 Å². The average molecular weight is 370 g/mol. The van der Waals surface area contributed by atoms with E-state index in [4.69, 9.17) is 0 Å². The molecule has 1 aromatic heterocycles. The molecule has 0 saturated heterocycles. The number of amides is 1. The van der Waals surface area contributed by atoms with Crippen molar-refractivity contribution in [1.29, 1.82) is 0 Å². The van der Waals surface area contributed by atoms with Gasteiger partial charge in [0.05, 0.1) is 11.1 Å². The maximum atomic E-state index is 12.7. The highest BCUT2D eigenvalue weighted by molar-refractivity contribution is 6.06. The first-order valence-electron chi connectivity index (χ1n) is 8.84. The first-order chi connectivity index (χ1) is 13.5. The average Bonchev–Trinajstić information content (AvgIpc) is 2.74. The van der Waals surface area contributed by atoms with Crippen molar-refractivity contribution in [3.63, 3.8) is 0 Å². The first kappa shape index (κ1) is 17.6. The normalized spacial score (nSPS) is 11.7. The minimum absolute atomic E-state index is 0.160. The number of aryl methyl sites for hydroxylation is 1. The van der Waals surface area contributed by atoms with Crippen LogP contribution in [0.5, 0.6) is 0 Å². The molecule has 3 aromatic carbocycles. The smallest absolute Gasteiger partial charge is 0.267 e. The molecule has 138 valence electrons. The molecule has 4 rings (SSSR count). The summed E-state index contributed by atoms with van der Waals surface area (Å²) in [6.45, 7) is 1.83. The summed E-state index contributed by atoms with van der Waals surface area (Å²) >= 11 is 0. The van der Waals surface area contributed by atoms with Gasteiger partial charge in [0.25, 0.3) is 11.5 Å². The zero-order chi connectivity index (χ0) is 19.7. The molecule has 0 unspecified atom stereocenters. The molecular formula is C22H18N4O2. The summed E-state index contributed by atoms with van der Waals surface area (Å²) in [5.41, 5.74) is 4.06. The Morgan fingerprint density at radius 2 is 1.64 bits per heavy atom. The van der Waals surface area contributed by atoms with Crippen LogP contribution in [0.4, 0.5) is 0 Å². The second-order valence-corrected chi connectivity index (χ2v) is 6.52. The van der Waals surface area contributed by atoms with Crippen molar-refractivity contribution >= 4 is 33.2 Å². The number of aromatic nitrogens is 2. The molecule has 0 atom stereocenters. The Hall–Kier alpha value is -3.80. The fraction of sp³-hybridized carbons (Fsp3) is 0.0909. The molecule has 0 saturated carbocycles. The number of nitrogens with zero attached hydrogens (tertiary/aromatic N) is 3. The standard InChI is InChI=1S/C22H18N4O2/c1-14(16-12-11-15-7-3-4-8-17(15)13-16)23-24-21(27)20-18-9-5-6-10-19(18)22(28)26(2)25-20/h3-13H,1-2H3,(H,24,27)/b23-14+. The second-order valence-electron chi connectivity index (χ2n) is 6.52. The van der Waals surface area contributed by atoms with Gasteiger partial charge in [-0.05, 0) is 35.4 Å². The zero-order valence-corrected chi connectivity index (χ0v) is 15.5. The van der Waals surface area contributed by atoms with Crippen LogP contribution in [0.15, 0.2) is 76.6 Å². The topological polar surface area (TPSA) is 76.3 Å². The van der Waals surface area contributed by atoms with Crippen molar-refractivity contribution < 1.29 is 4.79 Å². The molecule has 1 N–H and O–H groups in total. The maximum absolute atomic E-state index is 12.7. The van der Waals surface area contributed by atoms with Gasteiger partial charge in [0.15, 0.2) is 5.69 Å². The summed E-state index contributed by atoms with van der Waals surface area (Å²) in [4.78, 5) is 24.9. The molecule has 0 fully saturated rings. The maximum Gasteiger partial charge on any atom is 0.292 e. The molecule has 1 amide bonds. The summed E-state index contributed by atoms with van der Waals surface area (Å²) in [5, 5.41) is 11.5. The van der Waals surface area contributed by atoms with Crippen molar-refractivity contribution in [2.24, 2.45) is 12.1 Å². The molecule has 0 spiro atoms. The molecule has 1 heterocycles. The zero-order valence-electron chi connectivity index (χ0n) is 15.5. The SMILES string of the molecule is C/C(=N\NC(=O)c1nn(C)c(=O)c2ccccc12)c1ccc2ccccc2c1. The van der Waals surface area contributed by atoms with E-state index in [1.165, 1.54) is 7.05 Å². The molecule has 6 nitrogen and oxygen atoms in total. The predicted molar refractivity (Wildman–Crippen MR) is 111 cm³/mol. The van der Waals surface area contributed by atoms with Gasteiger partial charge in [0.1, 0.15) is 0 Å². The van der Waals surface area contributed by atoms with E-state index in [1.807, 2.05) is 49.4 Å². The van der Waals surface area contributed by atoms with Crippen molar-refractivity contribution in [1.82, 2.24) is 15.2 Å². The van der Waals surface area contributed by atoms with Gasteiger partial charge in [-0.3, -0.25) is 9.59 Å². The van der Waals surface area contributed by atoms with Crippen LogP contribution >= 0.6 is 0 Å². The third-order valence-electron chi connectivity index (χ3n) is 4.66. The van der Waals surface area contributed by atoms with Crippen LogP contribution in [-0.4, -0.2) is 21.4 Å². The summed E-state index contributed by atoms with van der Waals surface area (Å²) in [6, 6.07) is 21.0. The van der Waals surface area contributed by atoms with E-state index in [2.05, 4.69) is 15.6 Å². The minimum atomic E-state index is -0.466. The van der Waals surface area contributed by atoms with E-state index < -0.39 is 5.91 Å². The Morgan fingerprint density at radius 3 is 2.43 bits per heavy atom. The number of carbonyl (C=O) groups is 1. The lowest BCUT2D eigenvalue weighted by Crippen LogP contribution is -2.27. The van der Waals surface area contributed by atoms with Gasteiger partial charge in [-0.2, -0.15) is 10.2 Å². The highest BCUT2D eigenvalue weighted by Crippen LogP contribution is 2.16. The van der Waals surface area contributed by atoms with E-state index in [-0.39, 0.29) is 11.3 Å². The van der Waals surface area contributed by atoms with Crippen LogP contribution in [0.2, 0.25) is 0 Å². The van der Waals surface area contributed by atoms with Gasteiger partial charge in [-0.25, -0.2) is 10.1 Å². The Bertz CT molecular complexity index is 1300. The molecule has 6 heteroatoms. The monoisotopic (exact) mass is 370 g/mol. The number of fused-ring (bicyclic) bond motifs is 2. The number of hydrazone groups is 1. The quantitative estimate of drug-likeness (QED) is 0.444. The molecule has 4 aromatic rings. The summed E-state index contributed by atoms with van der Waals surface area (Å²) in [6.07, 6.45) is 0. The third kappa shape index (κ3) is 3.16. The second kappa shape index (κ2) is 7.08. The number of hydrogen-bond acceptors (Lipinski definition) is 4. The summed E-state index contributed by atoms with van der Waals surface area (Å²) < 4.78 is 1.16. The lowest BCUT2D eigenvalue weighted by Gasteiger charge is -2.08. The Labute approximate surface area is 161 Å². The number of benzene rings is 3. The number of carbonyl (C=O) groups excluding carboxylic acids is 1. The van der Waals surface area contributed by atoms with Crippen LogP contribution in [0.25, 0.3) is 21.5 Å². The summed E-state index contributed by atoms with van der Waals surface area (Å²) in [5.74, 6) is -0.466. The fourth-order valence-electron chi connectivity index (χ4n) is 3.13. The molecule has 0 bridgehead atoms. The van der Waals surface area contributed by atoms with Gasteiger partial charge in [0, 0.05) is 12.4 Å². The third-order valence-corrected chi connectivity index (χ3v) is 4.66. The lowest BCUT2D eigenvalue weighted by molar-refractivity contribution is 0.0949. The van der Waals surface area contributed by atoms with Gasteiger partial charge in [0.2, 0.25) is 0 Å². The van der Waals surface area contributed by atoms with Crippen molar-refractivity contribution in [3.8, 4) is 0 Å². The number of hydrogen-bond donors (Lipinski definition) is 1. The number of rotatable bonds is 3. The summed E-state index contributed by atoms with van der Waals surface area (Å²) in [7, 11) is 1.52. The van der Waals surface area contributed by atoms with Crippen molar-refractivity contribution in [3.05, 3.63) is 88.3 Å². The predicted octanol–water partition coefficient (Wildman–Crippen LogP) is 3.24. The highest BCUT2D eigenvalue weighted by atomic mass is 16.2. The molecule has 0 aliphatic heterocycles. The van der Waals surface area contributed by atoms with E-state index in [0.29, 0.717) is 16.5 Å². The van der Waals surface area contributed by atoms with Crippen molar-refractivity contribution in [2.75, 3.05) is 0 Å². The Balaban J connectivity index is 1.66. The van der Waals surface area contributed by atoms with Crippen LogP contribution < -0.4 is 11.0 Å². The van der Waals surface area contributed by atoms with E-state index >= 15 is 0 Å². The van der Waals surface area contributed by atoms with E-state index in [1.54, 1.807) is 24.3 Å². The van der Waals surface area contributed by atoms with Crippen LogP contribution in [0, 0.1) is 0 Å². The largest absolute Gasteiger partial charge is 0.292 e. The molecule has 28 heavy (non-hydrogen) atoms. The van der Waals surface area contributed by atoms with Gasteiger partial charge < -0.3 is 0 Å². The first-order valence-corrected chi connectivity index (χ1v) is 8.84. The fourth-order valence-corrected chi connectivity index (χ4v) is 3.13. The molecule has 0 aliphatic carbocycles. The lowest BCUT2D eigenvalue weighted by atomic mass is 10.0. The van der Waals surface area contributed by atoms with Gasteiger partial charge in [-0.1, -0.05) is 54.6 Å². The Kier molecular flexibility index (Phi) is 4.45. The van der Waals surface area contributed by atoms with Gasteiger partial charge in [-0.15, -0.1) is 0 Å². The highest BCUT2D eigenvalue weighted by Gasteiger charge is 2.15. The van der Waals surface area contributed by atoms with Crippen LogP contribution in [0.1, 0.15) is 23.0 Å². The van der Waals surface area contributed by atoms with Crippen LogP contribution in [-0.2, 0) is 7.05 Å². The van der Waals surface area contributed by atoms with E-state index in [9.17, 15) is 9.59 Å². The van der Waals surface area contributed by atoms with Gasteiger partial charge >= 0.3 is 0 Å². The molecule has 0 radical (unpaired) electrons. The van der Waals surface area contributed by atoms with Crippen molar-refractivity contribution in [2.45, 2.75) is 6.92 Å². The Morgan fingerprint density at radius 1 is 0.964 bits per heavy atom. The van der Waals surface area contributed by atoms with Crippen LogP contribution in [0.3, 0.4) is 0 Å². The minimum Gasteiger partial charge on any atom is -0.267 e. The molecule has 0 aliphatic rings. The molecular weight excluding hydrogens is 352 g/mol.